The van der Waals surface area contributed by atoms with Gasteiger partial charge in [0.1, 0.15) is 6.04 Å². The molecular formula is C46H70ClN4OP. The molecule has 292 valence electrons. The Balaban J connectivity index is 0.00000627. The van der Waals surface area contributed by atoms with Gasteiger partial charge in [0.2, 0.25) is 5.91 Å². The van der Waals surface area contributed by atoms with Crippen LogP contribution in [0.5, 0.6) is 0 Å². The number of amides is 1. The number of carbonyl (C=O) groups excluding carboxylic acids is 1. The van der Waals surface area contributed by atoms with Crippen molar-refractivity contribution >= 4 is 35.6 Å². The van der Waals surface area contributed by atoms with Gasteiger partial charge in [0.05, 0.1) is 30.7 Å². The van der Waals surface area contributed by atoms with Crippen LogP contribution in [-0.2, 0) is 17.4 Å². The van der Waals surface area contributed by atoms with Gasteiger partial charge in [0, 0.05) is 32.5 Å². The van der Waals surface area contributed by atoms with E-state index >= 15 is 0 Å². The SMILES string of the molecule is CCCC[P+](CCCC)(CCCC)Cc1ccc(NC(=O)[C@H](Cc2ccc3ccccc3c2)N(C)C(=NC2CCCCC2)NC2CCCCC2)cc1.[Cl-]. The van der Waals surface area contributed by atoms with Gasteiger partial charge >= 0.3 is 0 Å². The second-order valence-corrected chi connectivity index (χ2v) is 20.5. The number of hydrogen-bond donors (Lipinski definition) is 2. The summed E-state index contributed by atoms with van der Waals surface area (Å²) >= 11 is 0. The number of benzene rings is 3. The molecule has 0 aromatic heterocycles. The van der Waals surface area contributed by atoms with E-state index in [0.29, 0.717) is 18.5 Å². The number of nitrogens with zero attached hydrogens (tertiary/aromatic N) is 2. The molecule has 2 aliphatic rings. The predicted octanol–water partition coefficient (Wildman–Crippen LogP) is 8.85. The van der Waals surface area contributed by atoms with Crippen molar-refractivity contribution in [3.05, 3.63) is 77.9 Å². The highest BCUT2D eigenvalue weighted by Crippen LogP contribution is 2.63. The lowest BCUT2D eigenvalue weighted by atomic mass is 9.95. The third kappa shape index (κ3) is 13.3. The molecule has 1 amide bonds. The Morgan fingerprint density at radius 3 is 1.92 bits per heavy atom. The van der Waals surface area contributed by atoms with Gasteiger partial charge in [-0.25, -0.2) is 4.99 Å². The molecule has 2 N–H and O–H groups in total. The lowest BCUT2D eigenvalue weighted by Crippen LogP contribution is -3.00. The van der Waals surface area contributed by atoms with E-state index in [-0.39, 0.29) is 18.3 Å². The number of halogens is 1. The van der Waals surface area contributed by atoms with Gasteiger partial charge in [-0.3, -0.25) is 4.79 Å². The number of likely N-dealkylation sites (N-methyl/N-ethyl adjacent to an activating group) is 1. The molecule has 5 nitrogen and oxygen atoms in total. The van der Waals surface area contributed by atoms with Gasteiger partial charge in [-0.1, -0.05) is 133 Å². The van der Waals surface area contributed by atoms with Crippen LogP contribution in [0, 0.1) is 0 Å². The summed E-state index contributed by atoms with van der Waals surface area (Å²) in [5.41, 5.74) is 3.50. The number of hydrogen-bond acceptors (Lipinski definition) is 2. The van der Waals surface area contributed by atoms with Crippen LogP contribution < -0.4 is 23.0 Å². The number of unbranched alkanes of at least 4 members (excludes halogenated alkanes) is 3. The van der Waals surface area contributed by atoms with E-state index in [2.05, 4.69) is 110 Å². The molecule has 0 radical (unpaired) electrons. The predicted molar refractivity (Wildman–Crippen MR) is 229 cm³/mol. The van der Waals surface area contributed by atoms with Crippen LogP contribution in [0.2, 0.25) is 0 Å². The maximum atomic E-state index is 14.5. The highest BCUT2D eigenvalue weighted by atomic mass is 35.5. The summed E-state index contributed by atoms with van der Waals surface area (Å²) in [6, 6.07) is 24.4. The largest absolute Gasteiger partial charge is 1.00 e. The third-order valence-corrected chi connectivity index (χ3v) is 16.7. The van der Waals surface area contributed by atoms with Crippen molar-refractivity contribution in [1.29, 1.82) is 0 Å². The minimum Gasteiger partial charge on any atom is -1.00 e. The van der Waals surface area contributed by atoms with Crippen LogP contribution in [0.25, 0.3) is 10.8 Å². The third-order valence-electron chi connectivity index (χ3n) is 11.9. The Kier molecular flexibility index (Phi) is 18.5. The molecule has 1 atom stereocenters. The quantitative estimate of drug-likeness (QED) is 0.0775. The summed E-state index contributed by atoms with van der Waals surface area (Å²) in [5.74, 6) is 0.933. The summed E-state index contributed by atoms with van der Waals surface area (Å²) in [4.78, 5) is 22.1. The number of nitrogens with one attached hydrogen (secondary N) is 2. The van der Waals surface area contributed by atoms with Gasteiger partial charge < -0.3 is 27.9 Å². The minimum absolute atomic E-state index is 0. The molecule has 0 saturated heterocycles. The molecule has 53 heavy (non-hydrogen) atoms. The van der Waals surface area contributed by atoms with E-state index in [1.165, 1.54) is 136 Å². The number of anilines is 1. The van der Waals surface area contributed by atoms with Crippen molar-refractivity contribution in [1.82, 2.24) is 10.2 Å². The standard InChI is InChI=1S/C46H69N4OP.ClH/c1-5-8-31-52(32-9-6-2,33-10-7-3)36-37-26-29-43(30-27-37)47-45(51)44(35-38-25-28-39-19-17-18-20-40(39)34-38)50(4)46(48-41-21-13-11-14-22-41)49-42-23-15-12-16-24-42;/h17-20,25-30,34,41-42,44H,5-16,21-24,31-33,35-36H2,1-4H3,(H-,47,48,49,51);1H/t44-;/m0./s1. The fourth-order valence-electron chi connectivity index (χ4n) is 8.54. The molecule has 2 fully saturated rings. The number of fused-ring (bicyclic) bond motifs is 1. The van der Waals surface area contributed by atoms with Crippen LogP contribution in [0.4, 0.5) is 5.69 Å². The Morgan fingerprint density at radius 1 is 0.755 bits per heavy atom. The fraction of sp³-hybridized carbons (Fsp3) is 0.609. The average molecular weight is 762 g/mol. The van der Waals surface area contributed by atoms with E-state index in [1.54, 1.807) is 0 Å². The van der Waals surface area contributed by atoms with Crippen molar-refractivity contribution in [3.63, 3.8) is 0 Å². The smallest absolute Gasteiger partial charge is 0.247 e. The first-order valence-electron chi connectivity index (χ1n) is 21.2. The molecule has 2 saturated carbocycles. The fourth-order valence-corrected chi connectivity index (χ4v) is 13.6. The highest BCUT2D eigenvalue weighted by Gasteiger charge is 2.36. The van der Waals surface area contributed by atoms with Gasteiger partial charge in [-0.05, 0) is 79.0 Å². The van der Waals surface area contributed by atoms with E-state index in [1.807, 2.05) is 0 Å². The zero-order chi connectivity index (χ0) is 36.6. The molecule has 0 aliphatic heterocycles. The Labute approximate surface area is 329 Å². The second-order valence-electron chi connectivity index (χ2n) is 16.2. The van der Waals surface area contributed by atoms with E-state index in [4.69, 9.17) is 4.99 Å². The minimum atomic E-state index is -1.05. The normalized spacial score (nSPS) is 16.6. The molecular weight excluding hydrogens is 691 g/mol. The monoisotopic (exact) mass is 760 g/mol. The molecule has 7 heteroatoms. The van der Waals surface area contributed by atoms with Crippen molar-refractivity contribution in [2.24, 2.45) is 4.99 Å². The molecule has 5 rings (SSSR count). The van der Waals surface area contributed by atoms with E-state index in [0.717, 1.165) is 24.5 Å². The van der Waals surface area contributed by atoms with Crippen molar-refractivity contribution in [2.45, 2.75) is 154 Å². The first-order valence-corrected chi connectivity index (χ1v) is 23.7. The summed E-state index contributed by atoms with van der Waals surface area (Å²) in [7, 11) is 1.04. The first-order chi connectivity index (χ1) is 25.4. The maximum absolute atomic E-state index is 14.5. The molecule has 3 aromatic rings. The van der Waals surface area contributed by atoms with Crippen LogP contribution >= 0.6 is 7.26 Å². The summed E-state index contributed by atoms with van der Waals surface area (Å²) in [6.45, 7) is 7.02. The molecule has 3 aromatic carbocycles. The Morgan fingerprint density at radius 2 is 1.32 bits per heavy atom. The zero-order valence-corrected chi connectivity index (χ0v) is 35.2. The van der Waals surface area contributed by atoms with Crippen molar-refractivity contribution < 1.29 is 17.2 Å². The number of aliphatic imine (C=N–C) groups is 1. The zero-order valence-electron chi connectivity index (χ0n) is 33.6. The van der Waals surface area contributed by atoms with Gasteiger partial charge in [-0.2, -0.15) is 0 Å². The summed E-state index contributed by atoms with van der Waals surface area (Å²) in [6.07, 6.45) is 26.2. The summed E-state index contributed by atoms with van der Waals surface area (Å²) < 4.78 is 0. The van der Waals surface area contributed by atoms with Gasteiger partial charge in [0.25, 0.3) is 0 Å². The number of rotatable bonds is 18. The molecule has 0 spiro atoms. The van der Waals surface area contributed by atoms with Crippen LogP contribution in [0.3, 0.4) is 0 Å². The lowest BCUT2D eigenvalue weighted by Gasteiger charge is -2.35. The highest BCUT2D eigenvalue weighted by molar-refractivity contribution is 7.75. The molecule has 0 bridgehead atoms. The van der Waals surface area contributed by atoms with E-state index < -0.39 is 13.3 Å². The molecule has 0 unspecified atom stereocenters. The number of guanidine groups is 1. The number of carbonyl (C=O) groups is 1. The van der Waals surface area contributed by atoms with Crippen molar-refractivity contribution in [3.8, 4) is 0 Å². The van der Waals surface area contributed by atoms with Crippen molar-refractivity contribution in [2.75, 3.05) is 30.9 Å². The lowest BCUT2D eigenvalue weighted by molar-refractivity contribution is -0.119. The van der Waals surface area contributed by atoms with Crippen LogP contribution in [0.1, 0.15) is 135 Å². The Hall–Kier alpha value is -2.62. The van der Waals surface area contributed by atoms with Crippen LogP contribution in [-0.4, -0.2) is 60.4 Å². The average Bonchev–Trinajstić information content (AvgIpc) is 3.18. The van der Waals surface area contributed by atoms with Gasteiger partial charge in [0.15, 0.2) is 5.96 Å². The molecule has 2 aliphatic carbocycles. The first kappa shape index (κ1) is 43.1. The Bertz CT molecular complexity index is 1510. The molecule has 0 heterocycles. The second kappa shape index (κ2) is 22.7. The van der Waals surface area contributed by atoms with Gasteiger partial charge in [-0.15, -0.1) is 0 Å². The maximum Gasteiger partial charge on any atom is 0.247 e. The van der Waals surface area contributed by atoms with Crippen LogP contribution in [0.15, 0.2) is 71.7 Å². The topological polar surface area (TPSA) is 56.7 Å². The van der Waals surface area contributed by atoms with E-state index in [9.17, 15) is 4.79 Å². The summed E-state index contributed by atoms with van der Waals surface area (Å²) in [5, 5.41) is 9.71.